The zero-order valence-electron chi connectivity index (χ0n) is 20.3. The number of tetrazole rings is 1. The van der Waals surface area contributed by atoms with Gasteiger partial charge >= 0.3 is 0 Å². The van der Waals surface area contributed by atoms with Crippen molar-refractivity contribution in [1.29, 1.82) is 0 Å². The molecule has 1 aliphatic carbocycles. The Morgan fingerprint density at radius 1 is 0.969 bits per heavy atom. The SMILES string of the molecule is COc1ccc([C@H](c2nnnn2C(C)(C)C)N2CCN(C3CCCCC3)CC2)c(OC)c1. The fourth-order valence-electron chi connectivity index (χ4n) is 5.19. The molecule has 0 radical (unpaired) electrons. The first-order chi connectivity index (χ1) is 15.4. The van der Waals surface area contributed by atoms with E-state index in [4.69, 9.17) is 9.47 Å². The maximum absolute atomic E-state index is 5.80. The number of methoxy groups -OCH3 is 2. The van der Waals surface area contributed by atoms with Crippen molar-refractivity contribution in [2.45, 2.75) is 70.5 Å². The lowest BCUT2D eigenvalue weighted by Gasteiger charge is -2.43. The topological polar surface area (TPSA) is 68.5 Å². The molecule has 8 heteroatoms. The maximum Gasteiger partial charge on any atom is 0.173 e. The van der Waals surface area contributed by atoms with E-state index in [1.807, 2.05) is 16.8 Å². The number of aromatic nitrogens is 4. The summed E-state index contributed by atoms with van der Waals surface area (Å²) < 4.78 is 13.2. The van der Waals surface area contributed by atoms with Gasteiger partial charge in [-0.2, -0.15) is 0 Å². The highest BCUT2D eigenvalue weighted by atomic mass is 16.5. The van der Waals surface area contributed by atoms with Gasteiger partial charge in [0.05, 0.1) is 19.8 Å². The van der Waals surface area contributed by atoms with Crippen molar-refractivity contribution in [2.75, 3.05) is 40.4 Å². The fourth-order valence-corrected chi connectivity index (χ4v) is 5.19. The third kappa shape index (κ3) is 4.76. The van der Waals surface area contributed by atoms with Gasteiger partial charge in [-0.15, -0.1) is 5.10 Å². The Bertz CT molecular complexity index is 879. The van der Waals surface area contributed by atoms with Gasteiger partial charge in [0.25, 0.3) is 0 Å². The standard InChI is InChI=1S/C24H38N6O2/c1-24(2,3)30-23(25-26-27-30)22(20-12-11-19(31-4)17-21(20)32-5)29-15-13-28(14-16-29)18-9-7-6-8-10-18/h11-12,17-18,22H,6-10,13-16H2,1-5H3/t22-/m1/s1. The van der Waals surface area contributed by atoms with Gasteiger partial charge in [0.1, 0.15) is 17.5 Å². The summed E-state index contributed by atoms with van der Waals surface area (Å²) in [5.41, 5.74) is 0.848. The maximum atomic E-state index is 5.80. The number of benzene rings is 1. The lowest BCUT2D eigenvalue weighted by molar-refractivity contribution is 0.0603. The molecule has 2 fully saturated rings. The van der Waals surface area contributed by atoms with Gasteiger partial charge in [0.2, 0.25) is 0 Å². The molecule has 0 unspecified atom stereocenters. The van der Waals surface area contributed by atoms with Crippen LogP contribution in [-0.4, -0.2) is 76.4 Å². The second kappa shape index (κ2) is 9.75. The van der Waals surface area contributed by atoms with Gasteiger partial charge in [-0.25, -0.2) is 4.68 Å². The molecule has 1 atom stereocenters. The van der Waals surface area contributed by atoms with Crippen LogP contribution in [0.5, 0.6) is 11.5 Å². The molecule has 0 bridgehead atoms. The fraction of sp³-hybridized carbons (Fsp3) is 0.708. The molecular formula is C24H38N6O2. The number of ether oxygens (including phenoxy) is 2. The van der Waals surface area contributed by atoms with Gasteiger partial charge in [-0.05, 0) is 56.2 Å². The summed E-state index contributed by atoms with van der Waals surface area (Å²) in [5, 5.41) is 12.9. The first-order valence-electron chi connectivity index (χ1n) is 11.9. The van der Waals surface area contributed by atoms with Crippen LogP contribution >= 0.6 is 0 Å². The van der Waals surface area contributed by atoms with Crippen LogP contribution in [-0.2, 0) is 5.54 Å². The highest BCUT2D eigenvalue weighted by Crippen LogP contribution is 2.38. The van der Waals surface area contributed by atoms with Crippen molar-refractivity contribution < 1.29 is 9.47 Å². The molecule has 0 N–H and O–H groups in total. The second-order valence-corrected chi connectivity index (χ2v) is 9.99. The summed E-state index contributed by atoms with van der Waals surface area (Å²) in [4.78, 5) is 5.21. The van der Waals surface area contributed by atoms with Crippen LogP contribution in [0.15, 0.2) is 18.2 Å². The van der Waals surface area contributed by atoms with Gasteiger partial charge < -0.3 is 9.47 Å². The Morgan fingerprint density at radius 3 is 2.31 bits per heavy atom. The Balaban J connectivity index is 1.66. The van der Waals surface area contributed by atoms with Crippen LogP contribution < -0.4 is 9.47 Å². The molecule has 32 heavy (non-hydrogen) atoms. The summed E-state index contributed by atoms with van der Waals surface area (Å²) in [6.45, 7) is 10.5. The molecule has 1 aromatic carbocycles. The van der Waals surface area contributed by atoms with E-state index in [-0.39, 0.29) is 11.6 Å². The smallest absolute Gasteiger partial charge is 0.173 e. The summed E-state index contributed by atoms with van der Waals surface area (Å²) >= 11 is 0. The molecule has 1 aromatic heterocycles. The molecule has 0 amide bonds. The van der Waals surface area contributed by atoms with Crippen molar-refractivity contribution >= 4 is 0 Å². The summed E-state index contributed by atoms with van der Waals surface area (Å²) in [6, 6.07) is 6.70. The van der Waals surface area contributed by atoms with Crippen molar-refractivity contribution in [3.05, 3.63) is 29.6 Å². The quantitative estimate of drug-likeness (QED) is 0.678. The Labute approximate surface area is 191 Å². The van der Waals surface area contributed by atoms with Crippen molar-refractivity contribution in [1.82, 2.24) is 30.0 Å². The predicted molar refractivity (Wildman–Crippen MR) is 124 cm³/mol. The Hall–Kier alpha value is -2.19. The molecule has 2 aliphatic rings. The monoisotopic (exact) mass is 442 g/mol. The normalized spacial score (nSPS) is 20.3. The molecule has 2 heterocycles. The first kappa shape index (κ1) is 23.0. The van der Waals surface area contributed by atoms with E-state index >= 15 is 0 Å². The van der Waals surface area contributed by atoms with Crippen molar-refractivity contribution in [3.63, 3.8) is 0 Å². The molecule has 2 aromatic rings. The Morgan fingerprint density at radius 2 is 1.69 bits per heavy atom. The number of hydrogen-bond acceptors (Lipinski definition) is 7. The highest BCUT2D eigenvalue weighted by Gasteiger charge is 2.36. The minimum atomic E-state index is -0.222. The average molecular weight is 443 g/mol. The number of hydrogen-bond donors (Lipinski definition) is 0. The van der Waals surface area contributed by atoms with Gasteiger partial charge in [0, 0.05) is 43.9 Å². The molecule has 1 saturated heterocycles. The highest BCUT2D eigenvalue weighted by molar-refractivity contribution is 5.44. The van der Waals surface area contributed by atoms with Crippen molar-refractivity contribution in [3.8, 4) is 11.5 Å². The van der Waals surface area contributed by atoms with Crippen LogP contribution in [0.3, 0.4) is 0 Å². The molecule has 1 saturated carbocycles. The van der Waals surface area contributed by atoms with Crippen LogP contribution in [0.1, 0.15) is 70.3 Å². The second-order valence-electron chi connectivity index (χ2n) is 9.99. The third-order valence-corrected chi connectivity index (χ3v) is 6.91. The van der Waals surface area contributed by atoms with Crippen LogP contribution in [0, 0.1) is 0 Å². The minimum absolute atomic E-state index is 0.0846. The molecule has 176 valence electrons. The van der Waals surface area contributed by atoms with E-state index in [1.54, 1.807) is 14.2 Å². The van der Waals surface area contributed by atoms with Gasteiger partial charge in [-0.3, -0.25) is 9.80 Å². The molecule has 8 nitrogen and oxygen atoms in total. The van der Waals surface area contributed by atoms with Crippen molar-refractivity contribution in [2.24, 2.45) is 0 Å². The van der Waals surface area contributed by atoms with Crippen LogP contribution in [0.25, 0.3) is 0 Å². The predicted octanol–water partition coefficient (Wildman–Crippen LogP) is 3.49. The van der Waals surface area contributed by atoms with E-state index in [9.17, 15) is 0 Å². The number of rotatable bonds is 6. The van der Waals surface area contributed by atoms with Gasteiger partial charge in [-0.1, -0.05) is 19.3 Å². The average Bonchev–Trinajstić information content (AvgIpc) is 3.31. The summed E-state index contributed by atoms with van der Waals surface area (Å²) in [6.07, 6.45) is 6.83. The molecule has 4 rings (SSSR count). The largest absolute Gasteiger partial charge is 0.497 e. The van der Waals surface area contributed by atoms with Crippen LogP contribution in [0.2, 0.25) is 0 Å². The first-order valence-corrected chi connectivity index (χ1v) is 11.9. The minimum Gasteiger partial charge on any atom is -0.497 e. The molecular weight excluding hydrogens is 404 g/mol. The van der Waals surface area contributed by atoms with E-state index in [0.717, 1.165) is 55.1 Å². The molecule has 1 aliphatic heterocycles. The number of nitrogens with zero attached hydrogens (tertiary/aromatic N) is 6. The van der Waals surface area contributed by atoms with E-state index in [0.29, 0.717) is 0 Å². The summed E-state index contributed by atoms with van der Waals surface area (Å²) in [5.74, 6) is 2.43. The van der Waals surface area contributed by atoms with E-state index in [2.05, 4.69) is 52.2 Å². The zero-order chi connectivity index (χ0) is 22.7. The lowest BCUT2D eigenvalue weighted by Crippen LogP contribution is -2.52. The van der Waals surface area contributed by atoms with E-state index in [1.165, 1.54) is 32.1 Å². The lowest BCUT2D eigenvalue weighted by atomic mass is 9.93. The van der Waals surface area contributed by atoms with Gasteiger partial charge in [0.15, 0.2) is 5.82 Å². The Kier molecular flexibility index (Phi) is 7.00. The van der Waals surface area contributed by atoms with E-state index < -0.39 is 0 Å². The molecule has 0 spiro atoms. The summed E-state index contributed by atoms with van der Waals surface area (Å²) in [7, 11) is 3.39. The number of piperazine rings is 1. The zero-order valence-corrected chi connectivity index (χ0v) is 20.3. The van der Waals surface area contributed by atoms with Crippen LogP contribution in [0.4, 0.5) is 0 Å². The third-order valence-electron chi connectivity index (χ3n) is 6.91.